The normalized spacial score (nSPS) is 24.9. The zero-order chi connectivity index (χ0) is 13.1. The van der Waals surface area contributed by atoms with Crippen LogP contribution in [0.1, 0.15) is 45.4 Å². The van der Waals surface area contributed by atoms with Gasteiger partial charge >= 0.3 is 0 Å². The average molecular weight is 334 g/mol. The van der Waals surface area contributed by atoms with Crippen molar-refractivity contribution < 1.29 is 9.59 Å². The van der Waals surface area contributed by atoms with Crippen LogP contribution in [0.25, 0.3) is 0 Å². The van der Waals surface area contributed by atoms with Gasteiger partial charge in [0, 0.05) is 12.6 Å². The molecule has 0 bridgehead atoms. The summed E-state index contributed by atoms with van der Waals surface area (Å²) >= 11 is 0. The van der Waals surface area contributed by atoms with Crippen LogP contribution in [0.15, 0.2) is 0 Å². The first-order valence-corrected chi connectivity index (χ1v) is 6.96. The quantitative estimate of drug-likeness (QED) is 0.807. The number of carbonyl (C=O) groups is 2. The third-order valence-corrected chi connectivity index (χ3v) is 3.93. The van der Waals surface area contributed by atoms with Crippen molar-refractivity contribution in [3.8, 4) is 0 Å². The summed E-state index contributed by atoms with van der Waals surface area (Å²) in [4.78, 5) is 25.8. The maximum absolute atomic E-state index is 12.2. The first kappa shape index (κ1) is 16.4. The van der Waals surface area contributed by atoms with Gasteiger partial charge in [0.2, 0.25) is 11.8 Å². The Morgan fingerprint density at radius 2 is 1.84 bits per heavy atom. The molecule has 0 unspecified atom stereocenters. The maximum Gasteiger partial charge on any atom is 0.243 e. The van der Waals surface area contributed by atoms with E-state index in [2.05, 4.69) is 5.32 Å². The van der Waals surface area contributed by atoms with Gasteiger partial charge in [-0.15, -0.1) is 17.0 Å². The molecule has 3 N–H and O–H groups in total. The fourth-order valence-corrected chi connectivity index (χ4v) is 2.93. The highest BCUT2D eigenvalue weighted by Crippen LogP contribution is 2.21. The van der Waals surface area contributed by atoms with Gasteiger partial charge in [-0.1, -0.05) is 12.8 Å². The van der Waals surface area contributed by atoms with Crippen molar-refractivity contribution in [2.45, 2.75) is 63.6 Å². The lowest BCUT2D eigenvalue weighted by molar-refractivity contribution is -0.139. The Kier molecular flexibility index (Phi) is 6.26. The number of likely N-dealkylation sites (tertiary alicyclic amines) is 1. The highest BCUT2D eigenvalue weighted by molar-refractivity contribution is 8.93. The second kappa shape index (κ2) is 7.24. The molecule has 0 aromatic carbocycles. The minimum absolute atomic E-state index is 0. The van der Waals surface area contributed by atoms with Gasteiger partial charge in [-0.3, -0.25) is 9.59 Å². The highest BCUT2D eigenvalue weighted by atomic mass is 79.9. The van der Waals surface area contributed by atoms with E-state index in [9.17, 15) is 9.59 Å². The minimum Gasteiger partial charge on any atom is -0.352 e. The molecule has 1 aliphatic heterocycles. The number of halogens is 1. The summed E-state index contributed by atoms with van der Waals surface area (Å²) < 4.78 is 0. The van der Waals surface area contributed by atoms with Crippen LogP contribution in [0, 0.1) is 0 Å². The molecule has 2 fully saturated rings. The number of hydrogen-bond donors (Lipinski definition) is 2. The first-order chi connectivity index (χ1) is 8.59. The lowest BCUT2D eigenvalue weighted by Crippen LogP contribution is -2.51. The van der Waals surface area contributed by atoms with Crippen molar-refractivity contribution in [1.82, 2.24) is 10.2 Å². The van der Waals surface area contributed by atoms with Crippen LogP contribution in [0.5, 0.6) is 0 Å². The van der Waals surface area contributed by atoms with Crippen LogP contribution in [-0.2, 0) is 9.59 Å². The second-order valence-corrected chi connectivity index (χ2v) is 5.47. The van der Waals surface area contributed by atoms with Gasteiger partial charge in [0.25, 0.3) is 0 Å². The molecule has 110 valence electrons. The molecule has 0 radical (unpaired) electrons. The average Bonchev–Trinajstić information content (AvgIpc) is 2.97. The van der Waals surface area contributed by atoms with Gasteiger partial charge in [0.1, 0.15) is 6.04 Å². The Morgan fingerprint density at radius 1 is 1.21 bits per heavy atom. The summed E-state index contributed by atoms with van der Waals surface area (Å²) in [6.07, 6.45) is 6.17. The third kappa shape index (κ3) is 3.92. The maximum atomic E-state index is 12.2. The van der Waals surface area contributed by atoms with Crippen LogP contribution >= 0.6 is 17.0 Å². The largest absolute Gasteiger partial charge is 0.352 e. The number of hydrogen-bond acceptors (Lipinski definition) is 3. The van der Waals surface area contributed by atoms with Crippen LogP contribution in [0.3, 0.4) is 0 Å². The fourth-order valence-electron chi connectivity index (χ4n) is 2.93. The van der Waals surface area contributed by atoms with Gasteiger partial charge < -0.3 is 16.0 Å². The molecule has 0 aromatic heterocycles. The van der Waals surface area contributed by atoms with Crippen molar-refractivity contribution >= 4 is 28.8 Å². The Hall–Kier alpha value is -0.620. The van der Waals surface area contributed by atoms with E-state index >= 15 is 0 Å². The van der Waals surface area contributed by atoms with E-state index in [4.69, 9.17) is 5.73 Å². The van der Waals surface area contributed by atoms with Gasteiger partial charge in [-0.25, -0.2) is 0 Å². The SMILES string of the molecule is Br.C[C@H](N)C(=O)N1CCC[C@H]1C(=O)NC1CCCC1. The fraction of sp³-hybridized carbons (Fsp3) is 0.846. The molecule has 2 rings (SSSR count). The molecular formula is C13H24BrN3O2. The van der Waals surface area contributed by atoms with Crippen molar-refractivity contribution in [3.63, 3.8) is 0 Å². The van der Waals surface area contributed by atoms with Gasteiger partial charge in [0.15, 0.2) is 0 Å². The van der Waals surface area contributed by atoms with E-state index < -0.39 is 6.04 Å². The van der Waals surface area contributed by atoms with Crippen LogP contribution < -0.4 is 11.1 Å². The van der Waals surface area contributed by atoms with Crippen LogP contribution in [0.2, 0.25) is 0 Å². The molecule has 0 spiro atoms. The molecule has 1 heterocycles. The Morgan fingerprint density at radius 3 is 2.42 bits per heavy atom. The number of nitrogens with two attached hydrogens (primary N) is 1. The predicted octanol–water partition coefficient (Wildman–Crippen LogP) is 0.961. The molecule has 2 aliphatic rings. The lowest BCUT2D eigenvalue weighted by atomic mass is 10.1. The summed E-state index contributed by atoms with van der Waals surface area (Å²) in [7, 11) is 0. The molecular weight excluding hydrogens is 310 g/mol. The van der Waals surface area contributed by atoms with Crippen molar-refractivity contribution in [2.24, 2.45) is 5.73 Å². The third-order valence-electron chi connectivity index (χ3n) is 3.93. The van der Waals surface area contributed by atoms with E-state index in [1.54, 1.807) is 11.8 Å². The molecule has 6 heteroatoms. The van der Waals surface area contributed by atoms with E-state index in [0.717, 1.165) is 25.7 Å². The van der Waals surface area contributed by atoms with Crippen molar-refractivity contribution in [1.29, 1.82) is 0 Å². The summed E-state index contributed by atoms with van der Waals surface area (Å²) in [5.74, 6) is -0.104. The minimum atomic E-state index is -0.523. The van der Waals surface area contributed by atoms with E-state index in [0.29, 0.717) is 12.6 Å². The topological polar surface area (TPSA) is 75.4 Å². The number of amides is 2. The smallest absolute Gasteiger partial charge is 0.243 e. The van der Waals surface area contributed by atoms with Gasteiger partial charge in [0.05, 0.1) is 6.04 Å². The summed E-state index contributed by atoms with van der Waals surface area (Å²) in [5, 5.41) is 3.07. The Balaban J connectivity index is 0.00000180. The molecule has 1 saturated carbocycles. The molecule has 1 aliphatic carbocycles. The summed E-state index contributed by atoms with van der Waals surface area (Å²) in [6, 6.07) is -0.515. The van der Waals surface area contributed by atoms with E-state index in [-0.39, 0.29) is 34.8 Å². The molecule has 0 aromatic rings. The summed E-state index contributed by atoms with van der Waals surface area (Å²) in [5.41, 5.74) is 5.62. The number of carbonyl (C=O) groups excluding carboxylic acids is 2. The Labute approximate surface area is 125 Å². The number of nitrogens with zero attached hydrogens (tertiary/aromatic N) is 1. The molecule has 1 saturated heterocycles. The van der Waals surface area contributed by atoms with Gasteiger partial charge in [-0.05, 0) is 32.6 Å². The zero-order valence-electron chi connectivity index (χ0n) is 11.4. The number of rotatable bonds is 3. The molecule has 19 heavy (non-hydrogen) atoms. The highest BCUT2D eigenvalue weighted by Gasteiger charge is 2.35. The lowest BCUT2D eigenvalue weighted by Gasteiger charge is -2.26. The van der Waals surface area contributed by atoms with Crippen molar-refractivity contribution in [3.05, 3.63) is 0 Å². The van der Waals surface area contributed by atoms with Gasteiger partial charge in [-0.2, -0.15) is 0 Å². The zero-order valence-corrected chi connectivity index (χ0v) is 13.1. The van der Waals surface area contributed by atoms with Crippen LogP contribution in [0.4, 0.5) is 0 Å². The second-order valence-electron chi connectivity index (χ2n) is 5.47. The van der Waals surface area contributed by atoms with E-state index in [1.165, 1.54) is 12.8 Å². The molecule has 5 nitrogen and oxygen atoms in total. The van der Waals surface area contributed by atoms with E-state index in [1.807, 2.05) is 0 Å². The molecule has 2 amide bonds. The summed E-state index contributed by atoms with van der Waals surface area (Å²) in [6.45, 7) is 2.33. The van der Waals surface area contributed by atoms with Crippen LogP contribution in [-0.4, -0.2) is 41.4 Å². The monoisotopic (exact) mass is 333 g/mol. The van der Waals surface area contributed by atoms with Crippen molar-refractivity contribution in [2.75, 3.05) is 6.54 Å². The predicted molar refractivity (Wildman–Crippen MR) is 79.1 cm³/mol. The first-order valence-electron chi connectivity index (χ1n) is 6.96. The standard InChI is InChI=1S/C13H23N3O2.BrH/c1-9(14)13(18)16-8-4-7-11(16)12(17)15-10-5-2-3-6-10;/h9-11H,2-8,14H2,1H3,(H,15,17);1H/t9-,11-;/m0./s1. The molecule has 2 atom stereocenters. The Bertz CT molecular complexity index is 330. The number of nitrogens with one attached hydrogen (secondary N) is 1.